The van der Waals surface area contributed by atoms with E-state index in [1.54, 1.807) is 36.9 Å². The highest BCUT2D eigenvalue weighted by atomic mass is 79.9. The molecule has 36 heavy (non-hydrogen) atoms. The molecule has 0 unspecified atom stereocenters. The maximum absolute atomic E-state index is 14.4. The number of halogens is 1. The van der Waals surface area contributed by atoms with E-state index in [0.29, 0.717) is 15.7 Å². The van der Waals surface area contributed by atoms with Gasteiger partial charge in [-0.3, -0.25) is 14.9 Å². The van der Waals surface area contributed by atoms with Crippen LogP contribution in [0.4, 0.5) is 5.69 Å². The standard InChI is InChI=1S/C26H27BrN2O7/c1-4-35-23(32)25(24(33)36-5-2)14-18(21(30)34-3)26(28-25)17-12-9-13-19(27)20(17)29(22(26)31)15-16-10-7-6-8-11-16/h6-13,18,28H,4-5,14-15H2,1-3H3/t18-,26+/m0/s1. The van der Waals surface area contributed by atoms with Crippen LogP contribution in [0.3, 0.4) is 0 Å². The third-order valence-corrected chi connectivity index (χ3v) is 7.26. The van der Waals surface area contributed by atoms with Crippen molar-refractivity contribution in [3.8, 4) is 0 Å². The van der Waals surface area contributed by atoms with E-state index in [2.05, 4.69) is 21.2 Å². The number of para-hydroxylation sites is 1. The van der Waals surface area contributed by atoms with E-state index in [1.165, 1.54) is 7.11 Å². The fourth-order valence-electron chi connectivity index (χ4n) is 5.11. The van der Waals surface area contributed by atoms with E-state index >= 15 is 0 Å². The van der Waals surface area contributed by atoms with Crippen LogP contribution in [-0.2, 0) is 45.5 Å². The highest BCUT2D eigenvalue weighted by Crippen LogP contribution is 2.54. The minimum absolute atomic E-state index is 0.00618. The Morgan fingerprint density at radius 2 is 1.67 bits per heavy atom. The minimum Gasteiger partial charge on any atom is -0.469 e. The molecular weight excluding hydrogens is 532 g/mol. The monoisotopic (exact) mass is 558 g/mol. The summed E-state index contributed by atoms with van der Waals surface area (Å²) in [5.74, 6) is -4.27. The van der Waals surface area contributed by atoms with Gasteiger partial charge in [-0.25, -0.2) is 9.59 Å². The topological polar surface area (TPSA) is 111 Å². The SMILES string of the molecule is CCOC(=O)C1(C(=O)OCC)C[C@@H](C(=O)OC)[C@@]2(N1)C(=O)N(Cc1ccccc1)c1c(Br)cccc12. The Hall–Kier alpha value is -3.24. The number of hydrogen-bond donors (Lipinski definition) is 1. The number of ether oxygens (including phenoxy) is 3. The average molecular weight is 559 g/mol. The lowest BCUT2D eigenvalue weighted by molar-refractivity contribution is -0.165. The smallest absolute Gasteiger partial charge is 0.338 e. The third-order valence-electron chi connectivity index (χ3n) is 6.62. The van der Waals surface area contributed by atoms with Crippen molar-refractivity contribution >= 4 is 45.4 Å². The largest absolute Gasteiger partial charge is 0.469 e. The Bertz CT molecular complexity index is 1180. The van der Waals surface area contributed by atoms with Crippen LogP contribution in [0.5, 0.6) is 0 Å². The van der Waals surface area contributed by atoms with E-state index in [-0.39, 0.29) is 26.2 Å². The Balaban J connectivity index is 1.93. The molecule has 1 saturated heterocycles. The van der Waals surface area contributed by atoms with Crippen molar-refractivity contribution in [1.29, 1.82) is 0 Å². The molecule has 1 spiro atoms. The number of amides is 1. The number of hydrogen-bond acceptors (Lipinski definition) is 8. The second-order valence-corrected chi connectivity index (χ2v) is 9.43. The van der Waals surface area contributed by atoms with Crippen molar-refractivity contribution in [2.24, 2.45) is 5.92 Å². The molecule has 2 heterocycles. The number of carbonyl (C=O) groups excluding carboxylic acids is 4. The molecule has 0 radical (unpaired) electrons. The van der Waals surface area contributed by atoms with Gasteiger partial charge in [0.05, 0.1) is 38.5 Å². The molecule has 0 saturated carbocycles. The zero-order valence-electron chi connectivity index (χ0n) is 20.2. The Labute approximate surface area is 217 Å². The maximum Gasteiger partial charge on any atom is 0.338 e. The van der Waals surface area contributed by atoms with Gasteiger partial charge in [0.1, 0.15) is 5.54 Å². The summed E-state index contributed by atoms with van der Waals surface area (Å²) >= 11 is 3.55. The molecule has 2 aromatic carbocycles. The quantitative estimate of drug-likeness (QED) is 0.313. The van der Waals surface area contributed by atoms with Gasteiger partial charge in [0.15, 0.2) is 0 Å². The summed E-state index contributed by atoms with van der Waals surface area (Å²) in [6, 6.07) is 14.6. The first-order valence-electron chi connectivity index (χ1n) is 11.6. The van der Waals surface area contributed by atoms with E-state index in [9.17, 15) is 19.2 Å². The number of carbonyl (C=O) groups is 4. The lowest BCUT2D eigenvalue weighted by Crippen LogP contribution is -2.62. The number of nitrogens with zero attached hydrogens (tertiary/aromatic N) is 1. The summed E-state index contributed by atoms with van der Waals surface area (Å²) in [7, 11) is 1.20. The van der Waals surface area contributed by atoms with E-state index in [4.69, 9.17) is 14.2 Å². The van der Waals surface area contributed by atoms with E-state index < -0.39 is 40.8 Å². The fraction of sp³-hybridized carbons (Fsp3) is 0.385. The van der Waals surface area contributed by atoms with Gasteiger partial charge in [-0.2, -0.15) is 0 Å². The zero-order chi connectivity index (χ0) is 26.1. The normalized spacial score (nSPS) is 21.8. The molecule has 1 fully saturated rings. The van der Waals surface area contributed by atoms with Crippen LogP contribution in [0.15, 0.2) is 53.0 Å². The lowest BCUT2D eigenvalue weighted by Gasteiger charge is -2.31. The van der Waals surface area contributed by atoms with Crippen LogP contribution in [0.1, 0.15) is 31.4 Å². The van der Waals surface area contributed by atoms with Gasteiger partial charge in [0.2, 0.25) is 5.54 Å². The number of esters is 3. The highest BCUT2D eigenvalue weighted by Gasteiger charge is 2.72. The first-order valence-corrected chi connectivity index (χ1v) is 12.4. The van der Waals surface area contributed by atoms with Crippen molar-refractivity contribution in [2.75, 3.05) is 25.2 Å². The molecule has 2 aromatic rings. The Morgan fingerprint density at radius 1 is 1.03 bits per heavy atom. The zero-order valence-corrected chi connectivity index (χ0v) is 21.8. The van der Waals surface area contributed by atoms with Gasteiger partial charge in [0, 0.05) is 16.5 Å². The molecule has 2 atom stereocenters. The fourth-order valence-corrected chi connectivity index (χ4v) is 5.69. The van der Waals surface area contributed by atoms with Gasteiger partial charge in [-0.15, -0.1) is 0 Å². The summed E-state index contributed by atoms with van der Waals surface area (Å²) in [5.41, 5.74) is -2.00. The molecule has 190 valence electrons. The lowest BCUT2D eigenvalue weighted by atomic mass is 9.79. The molecule has 1 amide bonds. The average Bonchev–Trinajstić information content (AvgIpc) is 3.36. The Morgan fingerprint density at radius 3 is 2.25 bits per heavy atom. The van der Waals surface area contributed by atoms with Crippen LogP contribution < -0.4 is 10.2 Å². The van der Waals surface area contributed by atoms with Crippen LogP contribution in [0, 0.1) is 5.92 Å². The molecule has 4 rings (SSSR count). The number of methoxy groups -OCH3 is 1. The second-order valence-electron chi connectivity index (χ2n) is 8.57. The first-order chi connectivity index (χ1) is 17.3. The van der Waals surface area contributed by atoms with E-state index in [1.807, 2.05) is 30.3 Å². The number of fused-ring (bicyclic) bond motifs is 2. The summed E-state index contributed by atoms with van der Waals surface area (Å²) in [5, 5.41) is 3.00. The van der Waals surface area contributed by atoms with Gasteiger partial charge >= 0.3 is 17.9 Å². The van der Waals surface area contributed by atoms with Gasteiger partial charge < -0.3 is 19.1 Å². The van der Waals surface area contributed by atoms with Crippen molar-refractivity contribution in [2.45, 2.75) is 37.9 Å². The highest BCUT2D eigenvalue weighted by molar-refractivity contribution is 9.10. The minimum atomic E-state index is -2.08. The molecule has 2 aliphatic heterocycles. The van der Waals surface area contributed by atoms with Crippen LogP contribution in [0.2, 0.25) is 0 Å². The van der Waals surface area contributed by atoms with Crippen LogP contribution >= 0.6 is 15.9 Å². The number of rotatable bonds is 7. The van der Waals surface area contributed by atoms with Crippen molar-refractivity contribution in [1.82, 2.24) is 5.32 Å². The Kier molecular flexibility index (Phi) is 7.19. The van der Waals surface area contributed by atoms with Gasteiger partial charge in [-0.05, 0) is 41.4 Å². The molecule has 9 nitrogen and oxygen atoms in total. The van der Waals surface area contributed by atoms with Gasteiger partial charge in [-0.1, -0.05) is 42.5 Å². The number of benzene rings is 2. The predicted octanol–water partition coefficient (Wildman–Crippen LogP) is 2.84. The van der Waals surface area contributed by atoms with Crippen LogP contribution in [-0.4, -0.2) is 49.7 Å². The molecule has 1 N–H and O–H groups in total. The first kappa shape index (κ1) is 25.8. The molecule has 2 aliphatic rings. The van der Waals surface area contributed by atoms with Gasteiger partial charge in [0.25, 0.3) is 5.91 Å². The molecule has 10 heteroatoms. The summed E-state index contributed by atoms with van der Waals surface area (Å²) in [6.07, 6.45) is -0.367. The van der Waals surface area contributed by atoms with Crippen molar-refractivity contribution in [3.05, 3.63) is 64.1 Å². The third kappa shape index (κ3) is 3.88. The van der Waals surface area contributed by atoms with Crippen molar-refractivity contribution < 1.29 is 33.4 Å². The van der Waals surface area contributed by atoms with Crippen LogP contribution in [0.25, 0.3) is 0 Å². The summed E-state index contributed by atoms with van der Waals surface area (Å²) in [4.78, 5) is 55.6. The summed E-state index contributed by atoms with van der Waals surface area (Å²) < 4.78 is 16.2. The molecule has 0 aromatic heterocycles. The van der Waals surface area contributed by atoms with E-state index in [0.717, 1.165) is 5.56 Å². The number of anilines is 1. The van der Waals surface area contributed by atoms with Crippen molar-refractivity contribution in [3.63, 3.8) is 0 Å². The maximum atomic E-state index is 14.4. The summed E-state index contributed by atoms with van der Waals surface area (Å²) in [6.45, 7) is 3.40. The molecular formula is C26H27BrN2O7. The second kappa shape index (κ2) is 10.0. The molecule has 0 bridgehead atoms. The predicted molar refractivity (Wildman–Crippen MR) is 133 cm³/mol. The molecule has 0 aliphatic carbocycles. The number of nitrogens with one attached hydrogen (secondary N) is 1.